The fourth-order valence-electron chi connectivity index (χ4n) is 2.83. The smallest absolute Gasteiger partial charge is 0.262 e. The van der Waals surface area contributed by atoms with E-state index in [9.17, 15) is 10.1 Å². The average Bonchev–Trinajstić information content (AvgIpc) is 3.26. The van der Waals surface area contributed by atoms with Gasteiger partial charge in [-0.25, -0.2) is 0 Å². The maximum absolute atomic E-state index is 12.3. The number of ether oxygens (including phenoxy) is 2. The number of amides is 1. The fraction of sp³-hybridized carbons (Fsp3) is 0.300. The highest BCUT2D eigenvalue weighted by atomic mass is 16.5. The Bertz CT molecular complexity index is 863. The number of hydrogen-bond acceptors (Lipinski definition) is 5. The number of fused-ring (bicyclic) bond motifs is 1. The maximum Gasteiger partial charge on any atom is 0.262 e. The highest BCUT2D eigenvalue weighted by Gasteiger charge is 2.22. The number of carbonyl (C=O) groups excluding carboxylic acids is 1. The Labute approximate surface area is 152 Å². The first-order chi connectivity index (χ1) is 12.6. The maximum atomic E-state index is 12.3. The van der Waals surface area contributed by atoms with Crippen molar-refractivity contribution < 1.29 is 18.7 Å². The molecule has 3 rings (SSSR count). The second kappa shape index (κ2) is 7.79. The topological polar surface area (TPSA) is 84.5 Å². The van der Waals surface area contributed by atoms with Crippen LogP contribution in [0, 0.1) is 11.3 Å². The van der Waals surface area contributed by atoms with E-state index in [1.165, 1.54) is 12.3 Å². The predicted molar refractivity (Wildman–Crippen MR) is 95.5 cm³/mol. The summed E-state index contributed by atoms with van der Waals surface area (Å²) < 4.78 is 16.6. The molecule has 134 valence electrons. The van der Waals surface area contributed by atoms with Crippen molar-refractivity contribution in [2.24, 2.45) is 0 Å². The van der Waals surface area contributed by atoms with Gasteiger partial charge in [-0.1, -0.05) is 0 Å². The Kier molecular flexibility index (Phi) is 5.28. The predicted octanol–water partition coefficient (Wildman–Crippen LogP) is 3.23. The van der Waals surface area contributed by atoms with Crippen LogP contribution in [-0.4, -0.2) is 18.6 Å². The molecule has 2 aromatic rings. The number of carbonyl (C=O) groups is 1. The number of furan rings is 1. The van der Waals surface area contributed by atoms with E-state index in [-0.39, 0.29) is 18.2 Å². The Hall–Kier alpha value is -3.20. The van der Waals surface area contributed by atoms with E-state index in [1.807, 2.05) is 32.0 Å². The van der Waals surface area contributed by atoms with Crippen molar-refractivity contribution in [2.45, 2.75) is 32.9 Å². The minimum Gasteiger partial charge on any atom is -0.493 e. The summed E-state index contributed by atoms with van der Waals surface area (Å²) >= 11 is 0. The number of nitriles is 1. The molecule has 26 heavy (non-hydrogen) atoms. The van der Waals surface area contributed by atoms with Crippen LogP contribution in [0.1, 0.15) is 30.7 Å². The lowest BCUT2D eigenvalue weighted by Gasteiger charge is -2.10. The van der Waals surface area contributed by atoms with Crippen molar-refractivity contribution in [3.63, 3.8) is 0 Å². The molecule has 0 spiro atoms. The lowest BCUT2D eigenvalue weighted by Crippen LogP contribution is -2.23. The molecule has 2 heterocycles. The van der Waals surface area contributed by atoms with Gasteiger partial charge in [0.2, 0.25) is 0 Å². The zero-order chi connectivity index (χ0) is 18.5. The molecular weight excluding hydrogens is 332 g/mol. The quantitative estimate of drug-likeness (QED) is 0.637. The summed E-state index contributed by atoms with van der Waals surface area (Å²) in [6, 6.07) is 9.18. The Morgan fingerprint density at radius 1 is 1.50 bits per heavy atom. The summed E-state index contributed by atoms with van der Waals surface area (Å²) in [5.41, 5.74) is 1.70. The molecule has 1 aromatic heterocycles. The third-order valence-corrected chi connectivity index (χ3v) is 4.00. The largest absolute Gasteiger partial charge is 0.493 e. The van der Waals surface area contributed by atoms with Gasteiger partial charge in [-0.3, -0.25) is 4.79 Å². The molecule has 1 N–H and O–H groups in total. The van der Waals surface area contributed by atoms with Crippen LogP contribution in [0.5, 0.6) is 11.5 Å². The molecule has 0 saturated heterocycles. The molecule has 1 amide bonds. The minimum atomic E-state index is -0.471. The Balaban J connectivity index is 1.84. The van der Waals surface area contributed by atoms with Gasteiger partial charge in [0.05, 0.1) is 19.4 Å². The first kappa shape index (κ1) is 17.6. The van der Waals surface area contributed by atoms with Crippen LogP contribution in [0.15, 0.2) is 40.5 Å². The van der Waals surface area contributed by atoms with Gasteiger partial charge >= 0.3 is 0 Å². The molecule has 0 fully saturated rings. The second-order valence-electron chi connectivity index (χ2n) is 6.00. The van der Waals surface area contributed by atoms with Gasteiger partial charge in [-0.05, 0) is 44.2 Å². The summed E-state index contributed by atoms with van der Waals surface area (Å²) in [7, 11) is 0. The van der Waals surface area contributed by atoms with E-state index in [0.29, 0.717) is 23.7 Å². The van der Waals surface area contributed by atoms with Crippen molar-refractivity contribution in [3.05, 3.63) is 53.0 Å². The second-order valence-corrected chi connectivity index (χ2v) is 6.00. The van der Waals surface area contributed by atoms with E-state index in [2.05, 4.69) is 5.32 Å². The third-order valence-electron chi connectivity index (χ3n) is 4.00. The molecule has 0 saturated carbocycles. The van der Waals surface area contributed by atoms with Crippen LogP contribution >= 0.6 is 0 Å². The molecule has 0 bridgehead atoms. The highest BCUT2D eigenvalue weighted by Crippen LogP contribution is 2.36. The van der Waals surface area contributed by atoms with Gasteiger partial charge in [-0.15, -0.1) is 0 Å². The molecule has 1 aliphatic rings. The third kappa shape index (κ3) is 3.89. The van der Waals surface area contributed by atoms with Crippen LogP contribution in [0.4, 0.5) is 0 Å². The van der Waals surface area contributed by atoms with Gasteiger partial charge in [0, 0.05) is 17.5 Å². The lowest BCUT2D eigenvalue weighted by molar-refractivity contribution is -0.117. The first-order valence-corrected chi connectivity index (χ1v) is 8.49. The SMILES string of the molecule is CCOc1cc2c(cc1/C=C(\C#N)C(=O)NCc1ccco1)O[C@@H](C)C2. The molecule has 0 unspecified atom stereocenters. The number of nitrogens with one attached hydrogen (secondary N) is 1. The van der Waals surface area contributed by atoms with Crippen LogP contribution in [0.25, 0.3) is 6.08 Å². The van der Waals surface area contributed by atoms with Crippen LogP contribution < -0.4 is 14.8 Å². The van der Waals surface area contributed by atoms with Crippen LogP contribution in [0.2, 0.25) is 0 Å². The molecule has 1 aliphatic heterocycles. The fourth-order valence-corrected chi connectivity index (χ4v) is 2.83. The monoisotopic (exact) mass is 352 g/mol. The summed E-state index contributed by atoms with van der Waals surface area (Å²) in [6.45, 7) is 4.59. The number of benzene rings is 1. The van der Waals surface area contributed by atoms with Crippen molar-refractivity contribution >= 4 is 12.0 Å². The average molecular weight is 352 g/mol. The zero-order valence-corrected chi connectivity index (χ0v) is 14.7. The minimum absolute atomic E-state index is 0.0106. The number of rotatable bonds is 6. The van der Waals surface area contributed by atoms with Crippen LogP contribution in [0.3, 0.4) is 0 Å². The number of hydrogen-bond donors (Lipinski definition) is 1. The van der Waals surface area contributed by atoms with E-state index in [0.717, 1.165) is 17.7 Å². The van der Waals surface area contributed by atoms with Crippen molar-refractivity contribution in [1.29, 1.82) is 5.26 Å². The lowest BCUT2D eigenvalue weighted by atomic mass is 10.0. The van der Waals surface area contributed by atoms with Gasteiger partial charge in [0.15, 0.2) is 0 Å². The summed E-state index contributed by atoms with van der Waals surface area (Å²) in [6.07, 6.45) is 3.97. The van der Waals surface area contributed by atoms with Crippen molar-refractivity contribution in [3.8, 4) is 17.6 Å². The van der Waals surface area contributed by atoms with E-state index < -0.39 is 5.91 Å². The Morgan fingerprint density at radius 3 is 3.04 bits per heavy atom. The highest BCUT2D eigenvalue weighted by molar-refractivity contribution is 6.02. The first-order valence-electron chi connectivity index (χ1n) is 8.49. The van der Waals surface area contributed by atoms with Gasteiger partial charge in [-0.2, -0.15) is 5.26 Å². The standard InChI is InChI=1S/C20H20N2O4/c1-3-24-18-9-14-7-13(2)26-19(14)10-15(18)8-16(11-21)20(23)22-12-17-5-4-6-25-17/h4-6,8-10,13H,3,7,12H2,1-2H3,(H,22,23)/b16-8+/t13-/m0/s1. The van der Waals surface area contributed by atoms with Crippen LogP contribution in [-0.2, 0) is 17.8 Å². The summed E-state index contributed by atoms with van der Waals surface area (Å²) in [5, 5.41) is 12.1. The molecule has 6 heteroatoms. The van der Waals surface area contributed by atoms with Gasteiger partial charge in [0.25, 0.3) is 5.91 Å². The van der Waals surface area contributed by atoms with Crippen molar-refractivity contribution in [2.75, 3.05) is 6.61 Å². The van der Waals surface area contributed by atoms with E-state index in [4.69, 9.17) is 13.9 Å². The van der Waals surface area contributed by atoms with Gasteiger partial charge < -0.3 is 19.2 Å². The normalized spacial score (nSPS) is 15.7. The number of nitrogens with zero attached hydrogens (tertiary/aromatic N) is 1. The summed E-state index contributed by atoms with van der Waals surface area (Å²) in [4.78, 5) is 12.3. The molecule has 1 atom stereocenters. The zero-order valence-electron chi connectivity index (χ0n) is 14.7. The van der Waals surface area contributed by atoms with E-state index in [1.54, 1.807) is 12.1 Å². The van der Waals surface area contributed by atoms with Gasteiger partial charge in [0.1, 0.15) is 35.0 Å². The van der Waals surface area contributed by atoms with Crippen molar-refractivity contribution in [1.82, 2.24) is 5.32 Å². The summed E-state index contributed by atoms with van der Waals surface area (Å²) in [5.74, 6) is 1.54. The van der Waals surface area contributed by atoms with E-state index >= 15 is 0 Å². The molecule has 0 radical (unpaired) electrons. The molecule has 0 aliphatic carbocycles. The molecule has 1 aromatic carbocycles. The Morgan fingerprint density at radius 2 is 2.35 bits per heavy atom. The molecular formula is C20H20N2O4. The molecule has 6 nitrogen and oxygen atoms in total.